The van der Waals surface area contributed by atoms with E-state index in [9.17, 15) is 4.79 Å². The molecule has 0 aromatic carbocycles. The summed E-state index contributed by atoms with van der Waals surface area (Å²) in [5.41, 5.74) is 0.901. The monoisotopic (exact) mass is 328 g/mol. The minimum Gasteiger partial charge on any atom is -0.460 e. The van der Waals surface area contributed by atoms with Crippen LogP contribution in [-0.2, 0) is 9.53 Å². The van der Waals surface area contributed by atoms with Gasteiger partial charge in [-0.2, -0.15) is 0 Å². The van der Waals surface area contributed by atoms with Crippen LogP contribution in [-0.4, -0.2) is 11.6 Å². The van der Waals surface area contributed by atoms with Crippen LogP contribution in [0.3, 0.4) is 0 Å². The van der Waals surface area contributed by atoms with Crippen molar-refractivity contribution in [1.82, 2.24) is 0 Å². The summed E-state index contributed by atoms with van der Waals surface area (Å²) < 4.78 is 6.62. The summed E-state index contributed by atoms with van der Waals surface area (Å²) in [7, 11) is 0. The smallest absolute Gasteiger partial charge is 0.309 e. The van der Waals surface area contributed by atoms with Gasteiger partial charge < -0.3 is 4.74 Å². The first-order valence-corrected chi connectivity index (χ1v) is 7.79. The van der Waals surface area contributed by atoms with Gasteiger partial charge in [-0.25, -0.2) is 0 Å². The first-order chi connectivity index (χ1) is 8.70. The highest BCUT2D eigenvalue weighted by Crippen LogP contribution is 2.31. The van der Waals surface area contributed by atoms with Crippen LogP contribution in [0, 0.1) is 11.8 Å². The Morgan fingerprint density at radius 1 is 1.42 bits per heavy atom. The molecule has 0 amide bonds. The molecule has 0 heterocycles. The highest BCUT2D eigenvalue weighted by Gasteiger charge is 2.25. The predicted octanol–water partition coefficient (Wildman–Crippen LogP) is 4.99. The molecule has 3 heteroatoms. The lowest BCUT2D eigenvalue weighted by atomic mass is 9.91. The fourth-order valence-corrected chi connectivity index (χ4v) is 2.57. The number of rotatable bonds is 3. The van der Waals surface area contributed by atoms with Crippen LogP contribution in [0.15, 0.2) is 22.2 Å². The van der Waals surface area contributed by atoms with E-state index in [0.29, 0.717) is 0 Å². The summed E-state index contributed by atoms with van der Waals surface area (Å²) in [6, 6.07) is 0. The number of allylic oxidation sites excluding steroid dienone is 4. The number of carbonyl (C=O) groups is 1. The molecule has 1 aliphatic rings. The van der Waals surface area contributed by atoms with Crippen molar-refractivity contribution in [3.8, 4) is 0 Å². The van der Waals surface area contributed by atoms with Gasteiger partial charge in [-0.15, -0.1) is 0 Å². The number of hydrogen-bond donors (Lipinski definition) is 0. The van der Waals surface area contributed by atoms with Gasteiger partial charge in [0.25, 0.3) is 0 Å². The van der Waals surface area contributed by atoms with Gasteiger partial charge in [0.2, 0.25) is 0 Å². The van der Waals surface area contributed by atoms with Gasteiger partial charge in [0.15, 0.2) is 0 Å². The number of hydrogen-bond acceptors (Lipinski definition) is 2. The standard InChI is InChI=1S/C16H25BrO2/c1-11(10-13-8-6-7-9-14(13)17)12(2)15(18)19-16(3,4)5/h9-12H,6-8H2,1-5H3/b13-10-/t11-,12+/m0/s1. The zero-order valence-electron chi connectivity index (χ0n) is 12.6. The first kappa shape index (κ1) is 16.5. The molecule has 0 N–H and O–H groups in total. The van der Waals surface area contributed by atoms with E-state index in [0.717, 1.165) is 12.8 Å². The lowest BCUT2D eigenvalue weighted by Crippen LogP contribution is -2.30. The van der Waals surface area contributed by atoms with Gasteiger partial charge in [-0.3, -0.25) is 4.79 Å². The Morgan fingerprint density at radius 3 is 2.58 bits per heavy atom. The quantitative estimate of drug-likeness (QED) is 0.682. The van der Waals surface area contributed by atoms with E-state index in [1.807, 2.05) is 27.7 Å². The lowest BCUT2D eigenvalue weighted by molar-refractivity contribution is -0.160. The summed E-state index contributed by atoms with van der Waals surface area (Å²) in [6.45, 7) is 9.73. The average Bonchev–Trinajstić information content (AvgIpc) is 2.28. The second-order valence-corrected chi connectivity index (χ2v) is 7.17. The topological polar surface area (TPSA) is 26.3 Å². The van der Waals surface area contributed by atoms with E-state index in [4.69, 9.17) is 4.74 Å². The molecule has 0 bridgehead atoms. The van der Waals surface area contributed by atoms with Gasteiger partial charge in [-0.05, 0) is 51.5 Å². The Hall–Kier alpha value is -0.570. The van der Waals surface area contributed by atoms with Crippen LogP contribution < -0.4 is 0 Å². The Bertz CT molecular complexity index is 388. The lowest BCUT2D eigenvalue weighted by Gasteiger charge is -2.24. The fraction of sp³-hybridized carbons (Fsp3) is 0.688. The van der Waals surface area contributed by atoms with Gasteiger partial charge in [0, 0.05) is 4.48 Å². The van der Waals surface area contributed by atoms with Gasteiger partial charge in [-0.1, -0.05) is 41.9 Å². The molecule has 0 saturated carbocycles. The van der Waals surface area contributed by atoms with Gasteiger partial charge in [0.1, 0.15) is 5.60 Å². The van der Waals surface area contributed by atoms with Crippen molar-refractivity contribution in [1.29, 1.82) is 0 Å². The van der Waals surface area contributed by atoms with E-state index in [2.05, 4.69) is 35.0 Å². The van der Waals surface area contributed by atoms with Crippen LogP contribution in [0.5, 0.6) is 0 Å². The van der Waals surface area contributed by atoms with Crippen molar-refractivity contribution in [2.24, 2.45) is 11.8 Å². The molecule has 1 rings (SSSR count). The Kier molecular flexibility index (Phi) is 5.84. The molecule has 0 fully saturated rings. The van der Waals surface area contributed by atoms with Gasteiger partial charge in [0.05, 0.1) is 5.92 Å². The highest BCUT2D eigenvalue weighted by molar-refractivity contribution is 9.12. The highest BCUT2D eigenvalue weighted by atomic mass is 79.9. The zero-order valence-corrected chi connectivity index (χ0v) is 14.2. The molecule has 1 aliphatic carbocycles. The van der Waals surface area contributed by atoms with Crippen LogP contribution in [0.1, 0.15) is 53.9 Å². The normalized spacial score (nSPS) is 21.8. The minimum absolute atomic E-state index is 0.117. The SMILES string of the molecule is C[C@@H](/C=C1/CCCC=C1Br)[C@@H](C)C(=O)OC(C)(C)C. The van der Waals surface area contributed by atoms with Crippen molar-refractivity contribution < 1.29 is 9.53 Å². The molecular formula is C16H25BrO2. The maximum absolute atomic E-state index is 12.0. The van der Waals surface area contributed by atoms with Crippen molar-refractivity contribution >= 4 is 21.9 Å². The Balaban J connectivity index is 2.69. The molecule has 2 nitrogen and oxygen atoms in total. The van der Waals surface area contributed by atoms with E-state index in [-0.39, 0.29) is 17.8 Å². The fourth-order valence-electron chi connectivity index (χ4n) is 2.01. The number of ether oxygens (including phenoxy) is 1. The molecule has 0 saturated heterocycles. The third-order valence-electron chi connectivity index (χ3n) is 3.31. The molecular weight excluding hydrogens is 304 g/mol. The predicted molar refractivity (Wildman–Crippen MR) is 83.1 cm³/mol. The van der Waals surface area contributed by atoms with Crippen LogP contribution in [0.4, 0.5) is 0 Å². The Morgan fingerprint density at radius 2 is 2.05 bits per heavy atom. The van der Waals surface area contributed by atoms with E-state index in [1.165, 1.54) is 16.5 Å². The maximum Gasteiger partial charge on any atom is 0.309 e. The second kappa shape index (κ2) is 6.74. The molecule has 0 spiro atoms. The summed E-state index contributed by atoms with van der Waals surface area (Å²) in [4.78, 5) is 12.0. The Labute approximate surface area is 125 Å². The van der Waals surface area contributed by atoms with E-state index in [1.54, 1.807) is 0 Å². The number of halogens is 1. The van der Waals surface area contributed by atoms with Crippen LogP contribution in [0.25, 0.3) is 0 Å². The van der Waals surface area contributed by atoms with Crippen molar-refractivity contribution in [3.05, 3.63) is 22.2 Å². The molecule has 108 valence electrons. The zero-order chi connectivity index (χ0) is 14.6. The van der Waals surface area contributed by atoms with Crippen molar-refractivity contribution in [2.75, 3.05) is 0 Å². The van der Waals surface area contributed by atoms with Crippen molar-refractivity contribution in [3.63, 3.8) is 0 Å². The summed E-state index contributed by atoms with van der Waals surface area (Å²) in [5.74, 6) is -0.0504. The van der Waals surface area contributed by atoms with Gasteiger partial charge >= 0.3 is 5.97 Å². The average molecular weight is 329 g/mol. The maximum atomic E-state index is 12.0. The largest absolute Gasteiger partial charge is 0.460 e. The third-order valence-corrected chi connectivity index (χ3v) is 4.14. The summed E-state index contributed by atoms with van der Waals surface area (Å²) in [5, 5.41) is 0. The molecule has 19 heavy (non-hydrogen) atoms. The van der Waals surface area contributed by atoms with E-state index >= 15 is 0 Å². The van der Waals surface area contributed by atoms with E-state index < -0.39 is 5.60 Å². The molecule has 0 aliphatic heterocycles. The molecule has 2 atom stereocenters. The summed E-state index contributed by atoms with van der Waals surface area (Å²) in [6.07, 6.45) is 7.82. The molecule has 0 unspecified atom stereocenters. The van der Waals surface area contributed by atoms with Crippen molar-refractivity contribution in [2.45, 2.75) is 59.5 Å². The molecule has 0 aromatic heterocycles. The van der Waals surface area contributed by atoms with Crippen LogP contribution >= 0.6 is 15.9 Å². The minimum atomic E-state index is -0.413. The van der Waals surface area contributed by atoms with Crippen LogP contribution in [0.2, 0.25) is 0 Å². The number of carbonyl (C=O) groups excluding carboxylic acids is 1. The number of esters is 1. The second-order valence-electron chi connectivity index (χ2n) is 6.32. The summed E-state index contributed by atoms with van der Waals surface area (Å²) >= 11 is 3.59. The first-order valence-electron chi connectivity index (χ1n) is 7.00. The molecule has 0 aromatic rings. The third kappa shape index (κ3) is 5.52. The molecule has 0 radical (unpaired) electrons.